The van der Waals surface area contributed by atoms with Gasteiger partial charge in [-0.15, -0.1) is 11.3 Å². The molecule has 0 atom stereocenters. The molecule has 1 aromatic heterocycles. The second-order valence-electron chi connectivity index (χ2n) is 3.81. The normalized spacial score (nSPS) is 10.4. The third-order valence-electron chi connectivity index (χ3n) is 2.57. The van der Waals surface area contributed by atoms with Crippen molar-refractivity contribution < 1.29 is 9.18 Å². The van der Waals surface area contributed by atoms with Crippen molar-refractivity contribution in [3.8, 4) is 0 Å². The van der Waals surface area contributed by atoms with Crippen LogP contribution < -0.4 is 5.32 Å². The Labute approximate surface area is 117 Å². The van der Waals surface area contributed by atoms with Gasteiger partial charge in [-0.25, -0.2) is 4.39 Å². The summed E-state index contributed by atoms with van der Waals surface area (Å²) < 4.78 is 13.5. The van der Waals surface area contributed by atoms with Gasteiger partial charge < -0.3 is 5.32 Å². The highest BCUT2D eigenvalue weighted by molar-refractivity contribution is 9.10. The van der Waals surface area contributed by atoms with Crippen LogP contribution in [0.3, 0.4) is 0 Å². The lowest BCUT2D eigenvalue weighted by Crippen LogP contribution is -2.23. The summed E-state index contributed by atoms with van der Waals surface area (Å²) in [6.45, 7) is 2.46. The minimum Gasteiger partial charge on any atom is -0.347 e. The summed E-state index contributed by atoms with van der Waals surface area (Å²) in [7, 11) is 0. The molecule has 2 rings (SSSR count). The molecule has 1 heterocycles. The molecule has 0 aliphatic heterocycles. The summed E-state index contributed by atoms with van der Waals surface area (Å²) >= 11 is 4.67. The molecule has 2 aromatic rings. The second-order valence-corrected chi connectivity index (χ2v) is 5.60. The maximum Gasteiger partial charge on any atom is 0.252 e. The lowest BCUT2D eigenvalue weighted by molar-refractivity contribution is 0.0950. The Morgan fingerprint density at radius 3 is 2.89 bits per heavy atom. The molecule has 0 spiro atoms. The number of hydrogen-bond acceptors (Lipinski definition) is 2. The van der Waals surface area contributed by atoms with E-state index in [4.69, 9.17) is 0 Å². The van der Waals surface area contributed by atoms with E-state index in [2.05, 4.69) is 21.2 Å². The average molecular weight is 328 g/mol. The van der Waals surface area contributed by atoms with Crippen LogP contribution in [0.15, 0.2) is 34.1 Å². The van der Waals surface area contributed by atoms with Gasteiger partial charge in [0.2, 0.25) is 0 Å². The average Bonchev–Trinajstić information content (AvgIpc) is 2.75. The van der Waals surface area contributed by atoms with Crippen LogP contribution >= 0.6 is 27.3 Å². The van der Waals surface area contributed by atoms with Gasteiger partial charge in [0, 0.05) is 4.88 Å². The van der Waals surface area contributed by atoms with Crippen LogP contribution in [0.5, 0.6) is 0 Å². The van der Waals surface area contributed by atoms with E-state index in [0.717, 1.165) is 10.4 Å². The second kappa shape index (κ2) is 5.63. The molecule has 1 aromatic carbocycles. The fraction of sp³-hybridized carbons (Fsp3) is 0.154. The summed E-state index contributed by atoms with van der Waals surface area (Å²) in [5.74, 6) is -0.718. The van der Waals surface area contributed by atoms with Crippen molar-refractivity contribution in [2.24, 2.45) is 0 Å². The lowest BCUT2D eigenvalue weighted by Gasteiger charge is -2.07. The first-order valence-electron chi connectivity index (χ1n) is 5.35. The Morgan fingerprint density at radius 1 is 1.44 bits per heavy atom. The summed E-state index contributed by atoms with van der Waals surface area (Å²) in [5, 5.41) is 4.77. The Kier molecular flexibility index (Phi) is 4.14. The lowest BCUT2D eigenvalue weighted by atomic mass is 10.2. The van der Waals surface area contributed by atoms with E-state index in [1.54, 1.807) is 17.4 Å². The van der Waals surface area contributed by atoms with Gasteiger partial charge in [-0.1, -0.05) is 6.07 Å². The number of nitrogens with one attached hydrogen (secondary N) is 1. The summed E-state index contributed by atoms with van der Waals surface area (Å²) in [6, 6.07) is 6.42. The molecule has 0 unspecified atom stereocenters. The van der Waals surface area contributed by atoms with Gasteiger partial charge >= 0.3 is 0 Å². The first kappa shape index (κ1) is 13.2. The van der Waals surface area contributed by atoms with Gasteiger partial charge in [-0.3, -0.25) is 4.79 Å². The molecule has 0 fully saturated rings. The third-order valence-corrected chi connectivity index (χ3v) is 4.40. The molecular formula is C13H11BrFNOS. The number of aryl methyl sites for hydroxylation is 1. The van der Waals surface area contributed by atoms with Crippen molar-refractivity contribution in [1.82, 2.24) is 5.32 Å². The van der Waals surface area contributed by atoms with E-state index >= 15 is 0 Å². The Balaban J connectivity index is 2.09. The summed E-state index contributed by atoms with van der Waals surface area (Å²) in [6.07, 6.45) is 0. The Morgan fingerprint density at radius 2 is 2.22 bits per heavy atom. The molecule has 94 valence electrons. The van der Waals surface area contributed by atoms with E-state index in [9.17, 15) is 9.18 Å². The van der Waals surface area contributed by atoms with E-state index in [1.165, 1.54) is 12.1 Å². The summed E-state index contributed by atoms with van der Waals surface area (Å²) in [4.78, 5) is 13.0. The Hall–Kier alpha value is -1.20. The highest BCUT2D eigenvalue weighted by atomic mass is 79.9. The third kappa shape index (κ3) is 2.79. The maximum absolute atomic E-state index is 13.3. The van der Waals surface area contributed by atoms with Gasteiger partial charge in [0.15, 0.2) is 0 Å². The van der Waals surface area contributed by atoms with Crippen LogP contribution in [-0.2, 0) is 6.54 Å². The van der Waals surface area contributed by atoms with Crippen molar-refractivity contribution in [1.29, 1.82) is 0 Å². The topological polar surface area (TPSA) is 29.1 Å². The van der Waals surface area contributed by atoms with Crippen LogP contribution in [0.25, 0.3) is 0 Å². The number of thiophene rings is 1. The molecule has 5 heteroatoms. The molecule has 1 amide bonds. The van der Waals surface area contributed by atoms with Crippen LogP contribution in [0.2, 0.25) is 0 Å². The van der Waals surface area contributed by atoms with Crippen molar-refractivity contribution in [2.45, 2.75) is 13.5 Å². The summed E-state index contributed by atoms with van der Waals surface area (Å²) in [5.41, 5.74) is 1.46. The largest absolute Gasteiger partial charge is 0.347 e. The molecule has 18 heavy (non-hydrogen) atoms. The van der Waals surface area contributed by atoms with Gasteiger partial charge in [-0.2, -0.15) is 0 Å². The smallest absolute Gasteiger partial charge is 0.252 e. The van der Waals surface area contributed by atoms with E-state index in [1.807, 2.05) is 18.4 Å². The number of benzene rings is 1. The minimum absolute atomic E-state index is 0.199. The van der Waals surface area contributed by atoms with Crippen LogP contribution in [0.4, 0.5) is 4.39 Å². The zero-order chi connectivity index (χ0) is 13.1. The van der Waals surface area contributed by atoms with E-state index in [0.29, 0.717) is 12.1 Å². The fourth-order valence-corrected chi connectivity index (χ4v) is 2.81. The van der Waals surface area contributed by atoms with Crippen LogP contribution in [0, 0.1) is 12.7 Å². The zero-order valence-corrected chi connectivity index (χ0v) is 12.1. The SMILES string of the molecule is Cc1ccsc1CNC(=O)c1cccc(F)c1Br. The number of carbonyl (C=O) groups is 1. The molecule has 0 saturated carbocycles. The molecule has 0 saturated heterocycles. The van der Waals surface area contributed by atoms with Gasteiger partial charge in [0.1, 0.15) is 5.82 Å². The number of hydrogen-bond donors (Lipinski definition) is 1. The number of halogens is 2. The van der Waals surface area contributed by atoms with Gasteiger partial charge in [-0.05, 0) is 52.0 Å². The number of carbonyl (C=O) groups excluding carboxylic acids is 1. The molecule has 0 aliphatic rings. The van der Waals surface area contributed by atoms with Gasteiger partial charge in [0.25, 0.3) is 5.91 Å². The molecular weight excluding hydrogens is 317 g/mol. The maximum atomic E-state index is 13.3. The monoisotopic (exact) mass is 327 g/mol. The predicted molar refractivity (Wildman–Crippen MR) is 74.3 cm³/mol. The van der Waals surface area contributed by atoms with Crippen molar-refractivity contribution >= 4 is 33.2 Å². The highest BCUT2D eigenvalue weighted by Crippen LogP contribution is 2.21. The highest BCUT2D eigenvalue weighted by Gasteiger charge is 2.13. The van der Waals surface area contributed by atoms with Crippen LogP contribution in [0.1, 0.15) is 20.8 Å². The molecule has 0 aliphatic carbocycles. The van der Waals surface area contributed by atoms with Gasteiger partial charge in [0.05, 0.1) is 16.6 Å². The van der Waals surface area contributed by atoms with E-state index < -0.39 is 5.82 Å². The van der Waals surface area contributed by atoms with Crippen LogP contribution in [-0.4, -0.2) is 5.91 Å². The fourth-order valence-electron chi connectivity index (χ4n) is 1.52. The molecule has 0 bridgehead atoms. The number of amides is 1. The molecule has 2 nitrogen and oxygen atoms in total. The van der Waals surface area contributed by atoms with Crippen molar-refractivity contribution in [2.75, 3.05) is 0 Å². The van der Waals surface area contributed by atoms with E-state index in [-0.39, 0.29) is 10.4 Å². The minimum atomic E-state index is -0.435. The predicted octanol–water partition coefficient (Wildman–Crippen LogP) is 3.89. The first-order valence-corrected chi connectivity index (χ1v) is 7.02. The molecule has 0 radical (unpaired) electrons. The zero-order valence-electron chi connectivity index (χ0n) is 9.67. The number of rotatable bonds is 3. The van der Waals surface area contributed by atoms with Crippen molar-refractivity contribution in [3.05, 3.63) is 55.9 Å². The Bertz CT molecular complexity index is 582. The standard InChI is InChI=1S/C13H11BrFNOS/c1-8-5-6-18-11(8)7-16-13(17)9-3-2-4-10(15)12(9)14/h2-6H,7H2,1H3,(H,16,17). The quantitative estimate of drug-likeness (QED) is 0.910. The first-order chi connectivity index (χ1) is 8.59. The molecule has 1 N–H and O–H groups in total. The van der Waals surface area contributed by atoms with Crippen molar-refractivity contribution in [3.63, 3.8) is 0 Å².